The number of aryl methyl sites for hydroxylation is 1. The minimum Gasteiger partial charge on any atom is -0.378 e. The van der Waals surface area contributed by atoms with E-state index in [1.54, 1.807) is 12.3 Å². The van der Waals surface area contributed by atoms with Crippen LogP contribution in [0, 0.1) is 0 Å². The Balaban J connectivity index is 1.70. The molecular weight excluding hydrogens is 328 g/mol. The minimum atomic E-state index is -0.124. The quantitative estimate of drug-likeness (QED) is 0.861. The van der Waals surface area contributed by atoms with Crippen molar-refractivity contribution in [3.63, 3.8) is 0 Å². The van der Waals surface area contributed by atoms with Gasteiger partial charge < -0.3 is 14.6 Å². The largest absolute Gasteiger partial charge is 0.378 e. The predicted octanol–water partition coefficient (Wildman–Crippen LogP) is 3.18. The molecular formula is C20H28N4O2. The standard InChI is InChI=1S/C20H28N4O2/c1-3-12-26-17-6-5-10-24(11-9-17)18-8-7-15(14-21-18)20-22-16(4-2)13-19(25)23-20/h7-8,13-14,17H,3-6,9-12H2,1-2H3,(H,22,23,25). The van der Waals surface area contributed by atoms with Crippen LogP contribution in [0.25, 0.3) is 11.4 Å². The molecule has 0 saturated carbocycles. The molecule has 3 rings (SSSR count). The van der Waals surface area contributed by atoms with Gasteiger partial charge in [-0.1, -0.05) is 13.8 Å². The highest BCUT2D eigenvalue weighted by molar-refractivity contribution is 5.56. The van der Waals surface area contributed by atoms with E-state index in [-0.39, 0.29) is 5.56 Å². The van der Waals surface area contributed by atoms with Gasteiger partial charge in [0.15, 0.2) is 0 Å². The highest BCUT2D eigenvalue weighted by atomic mass is 16.5. The maximum atomic E-state index is 11.8. The number of ether oxygens (including phenoxy) is 1. The van der Waals surface area contributed by atoms with Gasteiger partial charge in [0.05, 0.1) is 6.10 Å². The van der Waals surface area contributed by atoms with Crippen molar-refractivity contribution in [3.8, 4) is 11.4 Å². The van der Waals surface area contributed by atoms with Crippen molar-refractivity contribution in [3.05, 3.63) is 40.4 Å². The number of hydrogen-bond acceptors (Lipinski definition) is 5. The number of nitrogens with zero attached hydrogens (tertiary/aromatic N) is 3. The lowest BCUT2D eigenvalue weighted by atomic mass is 10.2. The molecule has 2 aromatic heterocycles. The number of H-pyrrole nitrogens is 1. The molecule has 0 aromatic carbocycles. The van der Waals surface area contributed by atoms with E-state index in [1.165, 1.54) is 0 Å². The summed E-state index contributed by atoms with van der Waals surface area (Å²) in [4.78, 5) is 26.0. The van der Waals surface area contributed by atoms with Crippen LogP contribution < -0.4 is 10.5 Å². The Morgan fingerprint density at radius 1 is 1.27 bits per heavy atom. The van der Waals surface area contributed by atoms with E-state index in [9.17, 15) is 4.79 Å². The van der Waals surface area contributed by atoms with E-state index in [4.69, 9.17) is 4.74 Å². The summed E-state index contributed by atoms with van der Waals surface area (Å²) < 4.78 is 5.92. The molecule has 2 aromatic rings. The highest BCUT2D eigenvalue weighted by Crippen LogP contribution is 2.21. The zero-order valence-electron chi connectivity index (χ0n) is 15.7. The maximum absolute atomic E-state index is 11.8. The third-order valence-electron chi connectivity index (χ3n) is 4.74. The molecule has 6 heteroatoms. The van der Waals surface area contributed by atoms with Crippen LogP contribution in [0.2, 0.25) is 0 Å². The van der Waals surface area contributed by atoms with Gasteiger partial charge in [-0.3, -0.25) is 4.79 Å². The lowest BCUT2D eigenvalue weighted by molar-refractivity contribution is 0.0461. The second kappa shape index (κ2) is 8.94. The Morgan fingerprint density at radius 3 is 2.88 bits per heavy atom. The molecule has 140 valence electrons. The third kappa shape index (κ3) is 4.69. The SMILES string of the molecule is CCCOC1CCCN(c2ccc(-c3nc(CC)cc(=O)[nH]3)cn2)CC1. The summed E-state index contributed by atoms with van der Waals surface area (Å²) >= 11 is 0. The van der Waals surface area contributed by atoms with E-state index >= 15 is 0 Å². The van der Waals surface area contributed by atoms with Crippen LogP contribution in [0.3, 0.4) is 0 Å². The molecule has 0 amide bonds. The van der Waals surface area contributed by atoms with Gasteiger partial charge in [-0.2, -0.15) is 0 Å². The van der Waals surface area contributed by atoms with Crippen LogP contribution in [0.1, 0.15) is 45.2 Å². The second-order valence-electron chi connectivity index (χ2n) is 6.75. The summed E-state index contributed by atoms with van der Waals surface area (Å²) in [7, 11) is 0. The summed E-state index contributed by atoms with van der Waals surface area (Å²) in [5, 5.41) is 0. The van der Waals surface area contributed by atoms with Gasteiger partial charge >= 0.3 is 0 Å². The Bertz CT molecular complexity index is 757. The summed E-state index contributed by atoms with van der Waals surface area (Å²) in [6.45, 7) is 6.94. The Kier molecular flexibility index (Phi) is 6.39. The van der Waals surface area contributed by atoms with E-state index in [2.05, 4.69) is 26.8 Å². The van der Waals surface area contributed by atoms with Crippen molar-refractivity contribution in [2.45, 2.75) is 52.1 Å². The van der Waals surface area contributed by atoms with E-state index in [0.717, 1.165) is 68.9 Å². The van der Waals surface area contributed by atoms with E-state index in [1.807, 2.05) is 19.1 Å². The van der Waals surface area contributed by atoms with E-state index in [0.29, 0.717) is 11.9 Å². The number of aromatic amines is 1. The molecule has 6 nitrogen and oxygen atoms in total. The minimum absolute atomic E-state index is 0.124. The van der Waals surface area contributed by atoms with Crippen molar-refractivity contribution in [1.82, 2.24) is 15.0 Å². The summed E-state index contributed by atoms with van der Waals surface area (Å²) in [5.74, 6) is 1.55. The lowest BCUT2D eigenvalue weighted by Crippen LogP contribution is -2.25. The monoisotopic (exact) mass is 356 g/mol. The number of aromatic nitrogens is 3. The third-order valence-corrected chi connectivity index (χ3v) is 4.74. The molecule has 1 N–H and O–H groups in total. The molecule has 0 bridgehead atoms. The average Bonchev–Trinajstić information content (AvgIpc) is 2.91. The van der Waals surface area contributed by atoms with Gasteiger partial charge in [0, 0.05) is 43.2 Å². The molecule has 1 unspecified atom stereocenters. The van der Waals surface area contributed by atoms with Gasteiger partial charge in [-0.05, 0) is 44.2 Å². The molecule has 1 atom stereocenters. The fraction of sp³-hybridized carbons (Fsp3) is 0.550. The fourth-order valence-corrected chi connectivity index (χ4v) is 3.29. The predicted molar refractivity (Wildman–Crippen MR) is 104 cm³/mol. The van der Waals surface area contributed by atoms with Crippen LogP contribution in [0.5, 0.6) is 0 Å². The molecule has 0 aliphatic carbocycles. The van der Waals surface area contributed by atoms with Gasteiger partial charge in [-0.15, -0.1) is 0 Å². The van der Waals surface area contributed by atoms with Crippen molar-refractivity contribution >= 4 is 5.82 Å². The van der Waals surface area contributed by atoms with Crippen LogP contribution >= 0.6 is 0 Å². The first-order valence-corrected chi connectivity index (χ1v) is 9.62. The molecule has 1 aliphatic rings. The van der Waals surface area contributed by atoms with Crippen LogP contribution in [-0.4, -0.2) is 40.8 Å². The Labute approximate surface area is 154 Å². The second-order valence-corrected chi connectivity index (χ2v) is 6.75. The van der Waals surface area contributed by atoms with Crippen molar-refractivity contribution < 1.29 is 4.74 Å². The van der Waals surface area contributed by atoms with Gasteiger partial charge in [0.2, 0.25) is 0 Å². The average molecular weight is 356 g/mol. The highest BCUT2D eigenvalue weighted by Gasteiger charge is 2.18. The zero-order chi connectivity index (χ0) is 18.4. The lowest BCUT2D eigenvalue weighted by Gasteiger charge is -2.21. The van der Waals surface area contributed by atoms with Crippen molar-refractivity contribution in [2.24, 2.45) is 0 Å². The number of anilines is 1. The molecule has 0 radical (unpaired) electrons. The molecule has 1 fully saturated rings. The van der Waals surface area contributed by atoms with Crippen LogP contribution in [0.15, 0.2) is 29.2 Å². The Morgan fingerprint density at radius 2 is 2.15 bits per heavy atom. The van der Waals surface area contributed by atoms with Gasteiger partial charge in [0.25, 0.3) is 5.56 Å². The fourth-order valence-electron chi connectivity index (χ4n) is 3.29. The van der Waals surface area contributed by atoms with Crippen LogP contribution in [0.4, 0.5) is 5.82 Å². The first-order chi connectivity index (χ1) is 12.7. The van der Waals surface area contributed by atoms with Crippen LogP contribution in [-0.2, 0) is 11.2 Å². The normalized spacial score (nSPS) is 17.9. The maximum Gasteiger partial charge on any atom is 0.251 e. The molecule has 26 heavy (non-hydrogen) atoms. The van der Waals surface area contributed by atoms with Gasteiger partial charge in [-0.25, -0.2) is 9.97 Å². The zero-order valence-corrected chi connectivity index (χ0v) is 15.7. The molecule has 0 spiro atoms. The first-order valence-electron chi connectivity index (χ1n) is 9.62. The summed E-state index contributed by atoms with van der Waals surface area (Å²) in [6, 6.07) is 5.54. The smallest absolute Gasteiger partial charge is 0.251 e. The summed E-state index contributed by atoms with van der Waals surface area (Å²) in [6.07, 6.45) is 7.23. The van der Waals surface area contributed by atoms with Crippen molar-refractivity contribution in [2.75, 3.05) is 24.6 Å². The van der Waals surface area contributed by atoms with Crippen molar-refractivity contribution in [1.29, 1.82) is 0 Å². The molecule has 1 aliphatic heterocycles. The van der Waals surface area contributed by atoms with Gasteiger partial charge in [0.1, 0.15) is 11.6 Å². The number of pyridine rings is 1. The number of hydrogen-bond donors (Lipinski definition) is 1. The van der Waals surface area contributed by atoms with E-state index < -0.39 is 0 Å². The Hall–Kier alpha value is -2.21. The summed E-state index contributed by atoms with van der Waals surface area (Å²) in [5.41, 5.74) is 1.50. The number of nitrogens with one attached hydrogen (secondary N) is 1. The number of rotatable bonds is 6. The topological polar surface area (TPSA) is 71.1 Å². The molecule has 3 heterocycles. The first kappa shape index (κ1) is 18.6. The molecule has 1 saturated heterocycles.